The first kappa shape index (κ1) is 34.1. The summed E-state index contributed by atoms with van der Waals surface area (Å²) in [5.74, 6) is -1.98. The molecule has 51 heavy (non-hydrogen) atoms. The van der Waals surface area contributed by atoms with Crippen LogP contribution in [0.15, 0.2) is 113 Å². The summed E-state index contributed by atoms with van der Waals surface area (Å²) >= 11 is 3.80. The molecule has 260 valence electrons. The molecular formula is C34H30N8O6S3. The van der Waals surface area contributed by atoms with Crippen LogP contribution in [0.25, 0.3) is 0 Å². The fourth-order valence-electron chi connectivity index (χ4n) is 5.94. The Kier molecular flexibility index (Phi) is 9.68. The number of rotatable bonds is 12. The highest BCUT2D eigenvalue weighted by Gasteiger charge is 2.54. The van der Waals surface area contributed by atoms with E-state index >= 15 is 0 Å². The third-order valence-electron chi connectivity index (χ3n) is 8.34. The number of hydrazine groups is 2. The molecule has 0 radical (unpaired) electrons. The molecule has 1 saturated heterocycles. The Hall–Kier alpha value is -5.36. The summed E-state index contributed by atoms with van der Waals surface area (Å²) in [7, 11) is 1.77. The molecule has 4 heterocycles. The maximum atomic E-state index is 13.4. The first-order chi connectivity index (χ1) is 24.8. The Morgan fingerprint density at radius 2 is 1.61 bits per heavy atom. The number of ketones is 1. The SMILES string of the molecule is CN1C=NNN1SCC1=C(OC(=O)O)N2C(=O)C(NC(=O)C(=O)c3csc(NC(c4ccccc4)(c4ccccc4)c4ccccc4)n3)[C@@H]2SC1. The van der Waals surface area contributed by atoms with Crippen LogP contribution in [0.2, 0.25) is 0 Å². The van der Waals surface area contributed by atoms with E-state index < -0.39 is 40.7 Å². The van der Waals surface area contributed by atoms with Crippen LogP contribution in [-0.4, -0.2) is 84.6 Å². The molecule has 0 saturated carbocycles. The minimum atomic E-state index is -1.57. The van der Waals surface area contributed by atoms with Gasteiger partial charge in [0.2, 0.25) is 5.88 Å². The fraction of sp³-hybridized carbons (Fsp3) is 0.176. The average Bonchev–Trinajstić information content (AvgIpc) is 3.80. The van der Waals surface area contributed by atoms with Gasteiger partial charge in [0.05, 0.1) is 0 Å². The van der Waals surface area contributed by atoms with Gasteiger partial charge in [-0.1, -0.05) is 95.5 Å². The van der Waals surface area contributed by atoms with Crippen LogP contribution in [0.1, 0.15) is 27.2 Å². The van der Waals surface area contributed by atoms with Gasteiger partial charge in [0.15, 0.2) is 5.13 Å². The van der Waals surface area contributed by atoms with Crippen molar-refractivity contribution in [3.63, 3.8) is 0 Å². The highest BCUT2D eigenvalue weighted by Crippen LogP contribution is 2.43. The van der Waals surface area contributed by atoms with E-state index in [1.807, 2.05) is 91.0 Å². The predicted octanol–water partition coefficient (Wildman–Crippen LogP) is 4.29. The van der Waals surface area contributed by atoms with Crippen LogP contribution in [0.3, 0.4) is 0 Å². The van der Waals surface area contributed by atoms with Gasteiger partial charge >= 0.3 is 6.16 Å². The molecule has 17 heteroatoms. The fourth-order valence-corrected chi connectivity index (χ4v) is 8.98. The minimum Gasteiger partial charge on any atom is -0.449 e. The third-order valence-corrected chi connectivity index (χ3v) is 11.5. The largest absolute Gasteiger partial charge is 0.512 e. The van der Waals surface area contributed by atoms with Crippen molar-refractivity contribution >= 4 is 70.3 Å². The molecule has 3 aliphatic heterocycles. The van der Waals surface area contributed by atoms with E-state index in [1.54, 1.807) is 22.9 Å². The van der Waals surface area contributed by atoms with Crippen LogP contribution in [0.4, 0.5) is 9.93 Å². The van der Waals surface area contributed by atoms with Crippen LogP contribution in [0.5, 0.6) is 0 Å². The molecular weight excluding hydrogens is 713 g/mol. The van der Waals surface area contributed by atoms with E-state index in [0.29, 0.717) is 22.2 Å². The van der Waals surface area contributed by atoms with Crippen molar-refractivity contribution in [3.8, 4) is 0 Å². The Bertz CT molecular complexity index is 1920. The lowest BCUT2D eigenvalue weighted by Gasteiger charge is -2.49. The van der Waals surface area contributed by atoms with E-state index in [0.717, 1.165) is 16.7 Å². The maximum absolute atomic E-state index is 13.4. The van der Waals surface area contributed by atoms with Crippen molar-refractivity contribution in [2.45, 2.75) is 17.0 Å². The molecule has 7 rings (SSSR count). The third kappa shape index (κ3) is 6.63. The van der Waals surface area contributed by atoms with Gasteiger partial charge in [0, 0.05) is 29.5 Å². The van der Waals surface area contributed by atoms with Crippen molar-refractivity contribution in [3.05, 3.63) is 130 Å². The summed E-state index contributed by atoms with van der Waals surface area (Å²) < 4.78 is 6.68. The molecule has 0 bridgehead atoms. The van der Waals surface area contributed by atoms with E-state index in [9.17, 15) is 24.3 Å². The number of nitrogens with one attached hydrogen (secondary N) is 3. The number of hydrogen-bond donors (Lipinski definition) is 4. The number of amides is 2. The topological polar surface area (TPSA) is 169 Å². The smallest absolute Gasteiger partial charge is 0.449 e. The van der Waals surface area contributed by atoms with Gasteiger partial charge in [-0.15, -0.1) is 23.1 Å². The summed E-state index contributed by atoms with van der Waals surface area (Å²) in [6.07, 6.45) is -0.0111. The number of thiazole rings is 1. The first-order valence-corrected chi connectivity index (χ1v) is 18.4. The first-order valence-electron chi connectivity index (χ1n) is 15.5. The number of β-lactam (4-membered cyclic amide) rings is 1. The zero-order valence-corrected chi connectivity index (χ0v) is 29.3. The quantitative estimate of drug-likeness (QED) is 0.0406. The van der Waals surface area contributed by atoms with E-state index in [4.69, 9.17) is 4.74 Å². The number of carbonyl (C=O) groups is 4. The lowest BCUT2D eigenvalue weighted by atomic mass is 9.77. The molecule has 1 fully saturated rings. The van der Waals surface area contributed by atoms with Crippen molar-refractivity contribution in [2.75, 3.05) is 23.9 Å². The molecule has 1 aromatic heterocycles. The monoisotopic (exact) mass is 742 g/mol. The van der Waals surface area contributed by atoms with Gasteiger partial charge < -0.3 is 20.5 Å². The van der Waals surface area contributed by atoms with Crippen molar-refractivity contribution in [1.29, 1.82) is 0 Å². The molecule has 14 nitrogen and oxygen atoms in total. The van der Waals surface area contributed by atoms with E-state index in [1.165, 1.54) is 45.3 Å². The molecule has 2 amide bonds. The predicted molar refractivity (Wildman–Crippen MR) is 194 cm³/mol. The standard InChI is InChI=1S/C34H30N8O6S3/c1-40-20-35-39-42(40)51-18-21-17-49-31-26(29(45)41(31)30(21)48-33(46)47)37-28(44)27(43)25-19-50-32(36-25)38-34(22-11-5-2-6-12-22,23-13-7-3-8-14-23)24-15-9-4-10-16-24/h2-16,19-20,26,31,39H,17-18H2,1H3,(H,36,38)(H,37,44)(H,46,47)/t26?,31-/m0/s1. The molecule has 1 unspecified atom stereocenters. The number of anilines is 1. The molecule has 3 aromatic carbocycles. The van der Waals surface area contributed by atoms with Crippen molar-refractivity contribution < 1.29 is 29.0 Å². The van der Waals surface area contributed by atoms with Gasteiger partial charge in [0.25, 0.3) is 17.6 Å². The second kappa shape index (κ2) is 14.5. The zero-order chi connectivity index (χ0) is 35.5. The number of carbonyl (C=O) groups excluding carboxylic acids is 3. The number of Topliss-reactive ketones (excluding diaryl/α,β-unsaturated/α-hetero) is 1. The van der Waals surface area contributed by atoms with Crippen LogP contribution in [0, 0.1) is 0 Å². The highest BCUT2D eigenvalue weighted by molar-refractivity contribution is 8.00. The second-order valence-corrected chi connectivity index (χ2v) is 14.3. The van der Waals surface area contributed by atoms with Gasteiger partial charge in [-0.25, -0.2) is 15.3 Å². The number of fused-ring (bicyclic) bond motifs is 1. The summed E-state index contributed by atoms with van der Waals surface area (Å²) in [5.41, 5.74) is 5.19. The van der Waals surface area contributed by atoms with Gasteiger partial charge in [-0.2, -0.15) is 5.10 Å². The summed E-state index contributed by atoms with van der Waals surface area (Å²) in [5, 5.41) is 22.4. The lowest BCUT2D eigenvalue weighted by Crippen LogP contribution is -2.70. The van der Waals surface area contributed by atoms with Crippen molar-refractivity contribution in [1.82, 2.24) is 30.3 Å². The minimum absolute atomic E-state index is 0.0819. The van der Waals surface area contributed by atoms with Gasteiger partial charge in [-0.3, -0.25) is 24.3 Å². The molecule has 3 aliphatic rings. The summed E-state index contributed by atoms with van der Waals surface area (Å²) in [6.45, 7) is 0. The second-order valence-electron chi connectivity index (χ2n) is 11.4. The maximum Gasteiger partial charge on any atom is 0.512 e. The number of aromatic nitrogens is 1. The summed E-state index contributed by atoms with van der Waals surface area (Å²) in [6, 6.07) is 28.6. The Morgan fingerprint density at radius 3 is 2.16 bits per heavy atom. The number of hydrazone groups is 1. The molecule has 2 atom stereocenters. The van der Waals surface area contributed by atoms with Crippen molar-refractivity contribution in [2.24, 2.45) is 5.10 Å². The number of nitrogens with zero attached hydrogens (tertiary/aromatic N) is 5. The average molecular weight is 743 g/mol. The molecule has 0 aliphatic carbocycles. The number of benzene rings is 3. The number of ether oxygens (including phenoxy) is 1. The van der Waals surface area contributed by atoms with E-state index in [2.05, 4.69) is 26.3 Å². The molecule has 4 aromatic rings. The number of carboxylic acid groups (broad SMARTS) is 1. The zero-order valence-electron chi connectivity index (χ0n) is 26.8. The van der Waals surface area contributed by atoms with Gasteiger partial charge in [-0.05, 0) is 28.6 Å². The lowest BCUT2D eigenvalue weighted by molar-refractivity contribution is -0.148. The number of thioether (sulfide) groups is 1. The molecule has 4 N–H and O–H groups in total. The Balaban J connectivity index is 1.08. The highest BCUT2D eigenvalue weighted by atomic mass is 32.2. The van der Waals surface area contributed by atoms with Crippen LogP contribution in [-0.2, 0) is 19.9 Å². The van der Waals surface area contributed by atoms with Crippen LogP contribution >= 0.6 is 35.0 Å². The normalized spacial score (nSPS) is 18.5. The summed E-state index contributed by atoms with van der Waals surface area (Å²) in [4.78, 5) is 57.3. The number of hydrogen-bond acceptors (Lipinski definition) is 14. The Morgan fingerprint density at radius 1 is 1.00 bits per heavy atom. The molecule has 0 spiro atoms. The Labute approximate surface area is 304 Å². The van der Waals surface area contributed by atoms with Gasteiger partial charge in [0.1, 0.15) is 29.0 Å². The van der Waals surface area contributed by atoms with Crippen LogP contribution < -0.4 is 16.2 Å². The van der Waals surface area contributed by atoms with E-state index in [-0.39, 0.29) is 11.6 Å².